The molecule has 0 aromatic heterocycles. The highest BCUT2D eigenvalue weighted by atomic mass is 79.9. The number of carbonyl (C=O) groups excluding carboxylic acids is 1. The van der Waals surface area contributed by atoms with Crippen molar-refractivity contribution in [1.29, 1.82) is 0 Å². The molecule has 13 heavy (non-hydrogen) atoms. The van der Waals surface area contributed by atoms with E-state index in [1.165, 1.54) is 19.1 Å². The van der Waals surface area contributed by atoms with Gasteiger partial charge in [-0.1, -0.05) is 17.7 Å². The molecular formula is C9H7BrClFO. The molecule has 1 aromatic carbocycles. The molecule has 0 heterocycles. The van der Waals surface area contributed by atoms with Crippen LogP contribution >= 0.6 is 27.5 Å². The van der Waals surface area contributed by atoms with Gasteiger partial charge in [-0.3, -0.25) is 4.79 Å². The van der Waals surface area contributed by atoms with Crippen molar-refractivity contribution in [3.05, 3.63) is 33.3 Å². The van der Waals surface area contributed by atoms with Crippen molar-refractivity contribution >= 4 is 33.8 Å². The van der Waals surface area contributed by atoms with Crippen LogP contribution in [0.25, 0.3) is 0 Å². The fourth-order valence-corrected chi connectivity index (χ4v) is 1.30. The van der Waals surface area contributed by atoms with E-state index in [1.54, 1.807) is 6.07 Å². The zero-order valence-electron chi connectivity index (χ0n) is 6.85. The summed E-state index contributed by atoms with van der Waals surface area (Å²) in [6.07, 6.45) is 0.257. The van der Waals surface area contributed by atoms with Gasteiger partial charge in [0.25, 0.3) is 0 Å². The van der Waals surface area contributed by atoms with E-state index < -0.39 is 5.67 Å². The van der Waals surface area contributed by atoms with Crippen LogP contribution in [0.5, 0.6) is 0 Å². The number of carbonyl (C=O) groups is 1. The largest absolute Gasteiger partial charge is 0.299 e. The molecule has 4 heteroatoms. The summed E-state index contributed by atoms with van der Waals surface area (Å²) >= 11 is 8.92. The van der Waals surface area contributed by atoms with E-state index in [2.05, 4.69) is 15.9 Å². The standard InChI is InChI=1S/C9H7BrClFO/c1-9(12,5-13)6-2-3-7(10)8(11)4-6/h2-5H,1H3. The lowest BCUT2D eigenvalue weighted by atomic mass is 10.00. The van der Waals surface area contributed by atoms with Gasteiger partial charge < -0.3 is 0 Å². The molecule has 0 radical (unpaired) electrons. The van der Waals surface area contributed by atoms with Crippen LogP contribution in [0.1, 0.15) is 12.5 Å². The lowest BCUT2D eigenvalue weighted by Gasteiger charge is -2.13. The maximum atomic E-state index is 13.4. The first-order valence-electron chi connectivity index (χ1n) is 3.58. The predicted molar refractivity (Wildman–Crippen MR) is 53.7 cm³/mol. The van der Waals surface area contributed by atoms with E-state index >= 15 is 0 Å². The number of halogens is 3. The fraction of sp³-hybridized carbons (Fsp3) is 0.222. The minimum Gasteiger partial charge on any atom is -0.299 e. The molecule has 0 fully saturated rings. The monoisotopic (exact) mass is 264 g/mol. The van der Waals surface area contributed by atoms with E-state index in [-0.39, 0.29) is 11.8 Å². The SMILES string of the molecule is CC(F)(C=O)c1ccc(Br)c(Cl)c1. The molecule has 1 aromatic rings. The molecule has 1 atom stereocenters. The van der Waals surface area contributed by atoms with Gasteiger partial charge in [0.2, 0.25) is 0 Å². The van der Waals surface area contributed by atoms with Crippen molar-refractivity contribution in [2.24, 2.45) is 0 Å². The van der Waals surface area contributed by atoms with Gasteiger partial charge in [0.05, 0.1) is 5.02 Å². The van der Waals surface area contributed by atoms with Gasteiger partial charge in [-0.05, 0) is 40.5 Å². The maximum Gasteiger partial charge on any atom is 0.188 e. The Morgan fingerprint density at radius 1 is 1.62 bits per heavy atom. The third-order valence-electron chi connectivity index (χ3n) is 1.71. The van der Waals surface area contributed by atoms with Crippen LogP contribution in [0.4, 0.5) is 4.39 Å². The molecule has 0 aliphatic carbocycles. The van der Waals surface area contributed by atoms with Crippen LogP contribution in [0, 0.1) is 0 Å². The predicted octanol–water partition coefficient (Wildman–Crippen LogP) is 3.49. The third-order valence-corrected chi connectivity index (χ3v) is 2.94. The normalized spacial score (nSPS) is 15.1. The van der Waals surface area contributed by atoms with Gasteiger partial charge in [-0.2, -0.15) is 0 Å². The molecule has 0 N–H and O–H groups in total. The van der Waals surface area contributed by atoms with E-state index in [0.717, 1.165) is 0 Å². The van der Waals surface area contributed by atoms with Crippen LogP contribution in [-0.4, -0.2) is 6.29 Å². The van der Waals surface area contributed by atoms with Crippen molar-refractivity contribution in [3.63, 3.8) is 0 Å². The molecular weight excluding hydrogens is 258 g/mol. The van der Waals surface area contributed by atoms with Crippen LogP contribution in [-0.2, 0) is 10.5 Å². The lowest BCUT2D eigenvalue weighted by Crippen LogP contribution is -2.16. The number of aldehydes is 1. The minimum absolute atomic E-state index is 0.257. The lowest BCUT2D eigenvalue weighted by molar-refractivity contribution is -0.117. The Bertz CT molecular complexity index is 338. The molecule has 0 bridgehead atoms. The summed E-state index contributed by atoms with van der Waals surface area (Å²) in [5.74, 6) is 0. The summed E-state index contributed by atoms with van der Waals surface area (Å²) in [5.41, 5.74) is -1.71. The second-order valence-electron chi connectivity index (χ2n) is 2.82. The number of benzene rings is 1. The second kappa shape index (κ2) is 3.76. The highest BCUT2D eigenvalue weighted by Crippen LogP contribution is 2.29. The highest BCUT2D eigenvalue weighted by Gasteiger charge is 2.25. The zero-order chi connectivity index (χ0) is 10.1. The minimum atomic E-state index is -1.97. The van der Waals surface area contributed by atoms with Gasteiger partial charge >= 0.3 is 0 Å². The number of rotatable bonds is 2. The molecule has 1 nitrogen and oxygen atoms in total. The van der Waals surface area contributed by atoms with Gasteiger partial charge in [0.1, 0.15) is 0 Å². The van der Waals surface area contributed by atoms with Gasteiger partial charge in [0, 0.05) is 4.47 Å². The Kier molecular flexibility index (Phi) is 3.09. The molecule has 70 valence electrons. The first-order valence-corrected chi connectivity index (χ1v) is 4.75. The molecule has 0 spiro atoms. The Hall–Kier alpha value is -0.410. The van der Waals surface area contributed by atoms with Crippen LogP contribution in [0.2, 0.25) is 5.02 Å². The van der Waals surface area contributed by atoms with E-state index in [9.17, 15) is 9.18 Å². The van der Waals surface area contributed by atoms with Gasteiger partial charge in [0.15, 0.2) is 12.0 Å². The molecule has 0 saturated carbocycles. The topological polar surface area (TPSA) is 17.1 Å². The van der Waals surface area contributed by atoms with Crippen molar-refractivity contribution in [2.75, 3.05) is 0 Å². The smallest absolute Gasteiger partial charge is 0.188 e. The summed E-state index contributed by atoms with van der Waals surface area (Å²) in [6, 6.07) is 4.56. The van der Waals surface area contributed by atoms with Crippen molar-refractivity contribution in [1.82, 2.24) is 0 Å². The highest BCUT2D eigenvalue weighted by molar-refractivity contribution is 9.10. The Morgan fingerprint density at radius 3 is 2.69 bits per heavy atom. The summed E-state index contributed by atoms with van der Waals surface area (Å²) in [6.45, 7) is 1.19. The third kappa shape index (κ3) is 2.29. The zero-order valence-corrected chi connectivity index (χ0v) is 9.19. The van der Waals surface area contributed by atoms with E-state index in [4.69, 9.17) is 11.6 Å². The molecule has 0 aliphatic heterocycles. The summed E-state index contributed by atoms with van der Waals surface area (Å²) < 4.78 is 14.1. The summed E-state index contributed by atoms with van der Waals surface area (Å²) in [4.78, 5) is 10.4. The Morgan fingerprint density at radius 2 is 2.23 bits per heavy atom. The van der Waals surface area contributed by atoms with Crippen LogP contribution in [0.3, 0.4) is 0 Å². The second-order valence-corrected chi connectivity index (χ2v) is 4.08. The molecule has 0 saturated heterocycles. The first-order chi connectivity index (χ1) is 5.97. The quantitative estimate of drug-likeness (QED) is 0.748. The fourth-order valence-electron chi connectivity index (χ4n) is 0.868. The average molecular weight is 266 g/mol. The number of hydrogen-bond donors (Lipinski definition) is 0. The van der Waals surface area contributed by atoms with Crippen molar-refractivity contribution in [3.8, 4) is 0 Å². The summed E-state index contributed by atoms with van der Waals surface area (Å²) in [7, 11) is 0. The van der Waals surface area contributed by atoms with Crippen molar-refractivity contribution in [2.45, 2.75) is 12.6 Å². The molecule has 0 amide bonds. The van der Waals surface area contributed by atoms with Crippen LogP contribution in [0.15, 0.2) is 22.7 Å². The van der Waals surface area contributed by atoms with Crippen molar-refractivity contribution < 1.29 is 9.18 Å². The number of hydrogen-bond acceptors (Lipinski definition) is 1. The average Bonchev–Trinajstić information content (AvgIpc) is 2.09. The maximum absolute atomic E-state index is 13.4. The molecule has 1 rings (SSSR count). The van der Waals surface area contributed by atoms with Crippen LogP contribution < -0.4 is 0 Å². The summed E-state index contributed by atoms with van der Waals surface area (Å²) in [5, 5.41) is 0.392. The van der Waals surface area contributed by atoms with Gasteiger partial charge in [-0.15, -0.1) is 0 Å². The van der Waals surface area contributed by atoms with Gasteiger partial charge in [-0.25, -0.2) is 4.39 Å². The van der Waals surface area contributed by atoms with E-state index in [0.29, 0.717) is 9.50 Å². The molecule has 0 aliphatic rings. The Balaban J connectivity index is 3.18. The first kappa shape index (κ1) is 10.7. The van der Waals surface area contributed by atoms with E-state index in [1.807, 2.05) is 0 Å². The Labute approximate surface area is 89.0 Å². The number of alkyl halides is 1. The molecule has 1 unspecified atom stereocenters.